The number of aryl methyl sites for hydroxylation is 1. The van der Waals surface area contributed by atoms with E-state index in [4.69, 9.17) is 0 Å². The van der Waals surface area contributed by atoms with Crippen LogP contribution in [0.3, 0.4) is 0 Å². The van der Waals surface area contributed by atoms with Crippen molar-refractivity contribution in [3.63, 3.8) is 0 Å². The van der Waals surface area contributed by atoms with Crippen molar-refractivity contribution in [2.45, 2.75) is 39.0 Å². The monoisotopic (exact) mass is 205 g/mol. The summed E-state index contributed by atoms with van der Waals surface area (Å²) in [6.07, 6.45) is 5.15. The van der Waals surface area contributed by atoms with Crippen LogP contribution in [0.1, 0.15) is 42.6 Å². The van der Waals surface area contributed by atoms with Crippen LogP contribution in [-0.4, -0.2) is 23.1 Å². The van der Waals surface area contributed by atoms with Gasteiger partial charge in [-0.1, -0.05) is 6.92 Å². The van der Waals surface area contributed by atoms with E-state index in [0.29, 0.717) is 5.92 Å². The maximum absolute atomic E-state index is 4.47. The predicted molar refractivity (Wildman–Crippen MR) is 61.0 cm³/mol. The molecule has 0 unspecified atom stereocenters. The number of hydrogen-bond acceptors (Lipinski definition) is 3. The van der Waals surface area contributed by atoms with Gasteiger partial charge in [0.2, 0.25) is 0 Å². The molecule has 0 aromatic carbocycles. The molecule has 0 bridgehead atoms. The van der Waals surface area contributed by atoms with Crippen LogP contribution in [0, 0.1) is 6.92 Å². The Morgan fingerprint density at radius 3 is 2.73 bits per heavy atom. The zero-order valence-electron chi connectivity index (χ0n) is 9.58. The molecule has 1 N–H and O–H groups in total. The predicted octanol–water partition coefficient (Wildman–Crippen LogP) is 1.81. The SMILES string of the molecule is CCc1ncnc(C2CCNCC2)c1C. The molecule has 1 saturated heterocycles. The van der Waals surface area contributed by atoms with Crippen LogP contribution in [0.25, 0.3) is 0 Å². The van der Waals surface area contributed by atoms with E-state index in [9.17, 15) is 0 Å². The summed E-state index contributed by atoms with van der Waals surface area (Å²) in [5.41, 5.74) is 3.80. The average molecular weight is 205 g/mol. The van der Waals surface area contributed by atoms with Crippen LogP contribution >= 0.6 is 0 Å². The summed E-state index contributed by atoms with van der Waals surface area (Å²) in [6, 6.07) is 0. The highest BCUT2D eigenvalue weighted by atomic mass is 14.9. The van der Waals surface area contributed by atoms with E-state index < -0.39 is 0 Å². The van der Waals surface area contributed by atoms with E-state index in [1.807, 2.05) is 0 Å². The van der Waals surface area contributed by atoms with Crippen molar-refractivity contribution in [1.82, 2.24) is 15.3 Å². The molecule has 2 rings (SSSR count). The summed E-state index contributed by atoms with van der Waals surface area (Å²) in [5.74, 6) is 0.638. The number of hydrogen-bond donors (Lipinski definition) is 1. The second kappa shape index (κ2) is 4.71. The molecule has 2 heterocycles. The summed E-state index contributed by atoms with van der Waals surface area (Å²) in [5, 5.41) is 3.39. The summed E-state index contributed by atoms with van der Waals surface area (Å²) in [6.45, 7) is 6.56. The highest BCUT2D eigenvalue weighted by molar-refractivity contribution is 5.26. The topological polar surface area (TPSA) is 37.8 Å². The molecule has 1 fully saturated rings. The maximum Gasteiger partial charge on any atom is 0.115 e. The van der Waals surface area contributed by atoms with E-state index >= 15 is 0 Å². The van der Waals surface area contributed by atoms with Gasteiger partial charge in [0.15, 0.2) is 0 Å². The Kier molecular flexibility index (Phi) is 3.31. The van der Waals surface area contributed by atoms with Crippen LogP contribution < -0.4 is 5.32 Å². The second-order valence-electron chi connectivity index (χ2n) is 4.21. The normalized spacial score (nSPS) is 18.0. The van der Waals surface area contributed by atoms with Crippen LogP contribution in [0.4, 0.5) is 0 Å². The molecule has 3 nitrogen and oxygen atoms in total. The number of aromatic nitrogens is 2. The van der Waals surface area contributed by atoms with E-state index in [2.05, 4.69) is 29.1 Å². The van der Waals surface area contributed by atoms with Crippen LogP contribution in [0.2, 0.25) is 0 Å². The first-order valence-corrected chi connectivity index (χ1v) is 5.84. The van der Waals surface area contributed by atoms with Crippen molar-refractivity contribution in [3.8, 4) is 0 Å². The second-order valence-corrected chi connectivity index (χ2v) is 4.21. The molecule has 1 aliphatic rings. The van der Waals surface area contributed by atoms with Crippen LogP contribution in [0.5, 0.6) is 0 Å². The number of nitrogens with zero attached hydrogens (tertiary/aromatic N) is 2. The fraction of sp³-hybridized carbons (Fsp3) is 0.667. The first-order chi connectivity index (χ1) is 7.33. The van der Waals surface area contributed by atoms with Gasteiger partial charge in [-0.25, -0.2) is 9.97 Å². The van der Waals surface area contributed by atoms with Gasteiger partial charge in [0, 0.05) is 11.6 Å². The molecular formula is C12H19N3. The lowest BCUT2D eigenvalue weighted by Gasteiger charge is -2.23. The van der Waals surface area contributed by atoms with Gasteiger partial charge >= 0.3 is 0 Å². The van der Waals surface area contributed by atoms with Crippen molar-refractivity contribution < 1.29 is 0 Å². The van der Waals surface area contributed by atoms with Gasteiger partial charge in [0.25, 0.3) is 0 Å². The molecular weight excluding hydrogens is 186 g/mol. The summed E-state index contributed by atoms with van der Waals surface area (Å²) in [7, 11) is 0. The summed E-state index contributed by atoms with van der Waals surface area (Å²) in [4.78, 5) is 8.80. The third-order valence-corrected chi connectivity index (χ3v) is 3.29. The standard InChI is InChI=1S/C12H19N3/c1-3-11-9(2)12(15-8-14-11)10-4-6-13-7-5-10/h8,10,13H,3-7H2,1-2H3. The van der Waals surface area contributed by atoms with Gasteiger partial charge in [0.1, 0.15) is 6.33 Å². The van der Waals surface area contributed by atoms with E-state index in [1.165, 1.54) is 29.8 Å². The Bertz CT molecular complexity index is 330. The van der Waals surface area contributed by atoms with Crippen molar-refractivity contribution in [1.29, 1.82) is 0 Å². The number of nitrogens with one attached hydrogen (secondary N) is 1. The Labute approximate surface area is 91.3 Å². The molecule has 0 amide bonds. The molecule has 1 aromatic heterocycles. The Morgan fingerprint density at radius 2 is 2.07 bits per heavy atom. The minimum absolute atomic E-state index is 0.638. The van der Waals surface area contributed by atoms with Gasteiger partial charge in [-0.3, -0.25) is 0 Å². The Balaban J connectivity index is 2.26. The number of piperidine rings is 1. The molecule has 0 radical (unpaired) electrons. The van der Waals surface area contributed by atoms with Crippen LogP contribution in [0.15, 0.2) is 6.33 Å². The lowest BCUT2D eigenvalue weighted by Crippen LogP contribution is -2.27. The van der Waals surface area contributed by atoms with Gasteiger partial charge in [-0.05, 0) is 44.8 Å². The van der Waals surface area contributed by atoms with Crippen molar-refractivity contribution in [3.05, 3.63) is 23.3 Å². The highest BCUT2D eigenvalue weighted by Gasteiger charge is 2.19. The van der Waals surface area contributed by atoms with Gasteiger partial charge in [-0.15, -0.1) is 0 Å². The molecule has 15 heavy (non-hydrogen) atoms. The minimum Gasteiger partial charge on any atom is -0.317 e. The zero-order chi connectivity index (χ0) is 10.7. The summed E-state index contributed by atoms with van der Waals surface area (Å²) >= 11 is 0. The molecule has 0 aliphatic carbocycles. The fourth-order valence-electron chi connectivity index (χ4n) is 2.37. The molecule has 0 atom stereocenters. The fourth-order valence-corrected chi connectivity index (χ4v) is 2.37. The first kappa shape index (κ1) is 10.6. The smallest absolute Gasteiger partial charge is 0.115 e. The van der Waals surface area contributed by atoms with E-state index in [1.54, 1.807) is 6.33 Å². The largest absolute Gasteiger partial charge is 0.317 e. The Morgan fingerprint density at radius 1 is 1.33 bits per heavy atom. The zero-order valence-corrected chi connectivity index (χ0v) is 9.58. The van der Waals surface area contributed by atoms with Crippen LogP contribution in [-0.2, 0) is 6.42 Å². The number of rotatable bonds is 2. The lowest BCUT2D eigenvalue weighted by molar-refractivity contribution is 0.450. The van der Waals surface area contributed by atoms with Crippen molar-refractivity contribution in [2.75, 3.05) is 13.1 Å². The van der Waals surface area contributed by atoms with Gasteiger partial charge in [-0.2, -0.15) is 0 Å². The highest BCUT2D eigenvalue weighted by Crippen LogP contribution is 2.26. The maximum atomic E-state index is 4.47. The third kappa shape index (κ3) is 2.17. The third-order valence-electron chi connectivity index (χ3n) is 3.29. The van der Waals surface area contributed by atoms with Gasteiger partial charge in [0.05, 0.1) is 5.69 Å². The molecule has 1 aromatic rings. The lowest BCUT2D eigenvalue weighted by atomic mass is 9.91. The quantitative estimate of drug-likeness (QED) is 0.800. The molecule has 3 heteroatoms. The minimum atomic E-state index is 0.638. The van der Waals surface area contributed by atoms with Gasteiger partial charge < -0.3 is 5.32 Å². The molecule has 82 valence electrons. The van der Waals surface area contributed by atoms with E-state index in [0.717, 1.165) is 19.5 Å². The van der Waals surface area contributed by atoms with E-state index in [-0.39, 0.29) is 0 Å². The van der Waals surface area contributed by atoms with Crippen molar-refractivity contribution >= 4 is 0 Å². The summed E-state index contributed by atoms with van der Waals surface area (Å²) < 4.78 is 0. The molecule has 0 saturated carbocycles. The molecule has 0 spiro atoms. The average Bonchev–Trinajstić information content (AvgIpc) is 2.30. The first-order valence-electron chi connectivity index (χ1n) is 5.84. The molecule has 1 aliphatic heterocycles. The Hall–Kier alpha value is -0.960. The van der Waals surface area contributed by atoms with Crippen molar-refractivity contribution in [2.24, 2.45) is 0 Å².